The quantitative estimate of drug-likeness (QED) is 0.851. The smallest absolute Gasteiger partial charge is 0.343 e. The van der Waals surface area contributed by atoms with Gasteiger partial charge in [0.2, 0.25) is 6.04 Å². The van der Waals surface area contributed by atoms with E-state index in [0.717, 1.165) is 4.47 Å². The number of hydrogen-bond donors (Lipinski definition) is 1. The maximum atomic E-state index is 11.1. The number of carbonyl (C=O) groups excluding carboxylic acids is 1. The lowest BCUT2D eigenvalue weighted by Gasteiger charge is -2.11. The van der Waals surface area contributed by atoms with Gasteiger partial charge in [-0.05, 0) is 28.1 Å². The van der Waals surface area contributed by atoms with Crippen LogP contribution in [0.1, 0.15) is 0 Å². The van der Waals surface area contributed by atoms with Gasteiger partial charge < -0.3 is 10.1 Å². The molecular formula is C10H9BrN2O2. The minimum absolute atomic E-state index is 0.603. The van der Waals surface area contributed by atoms with Gasteiger partial charge in [0.15, 0.2) is 0 Å². The Labute approximate surface area is 96.0 Å². The summed E-state index contributed by atoms with van der Waals surface area (Å²) in [6.07, 6.45) is 0. The van der Waals surface area contributed by atoms with E-state index in [2.05, 4.69) is 26.0 Å². The van der Waals surface area contributed by atoms with Crippen LogP contribution in [0.15, 0.2) is 28.7 Å². The van der Waals surface area contributed by atoms with Crippen LogP contribution in [0, 0.1) is 11.3 Å². The number of hydrogen-bond acceptors (Lipinski definition) is 4. The molecule has 0 aliphatic carbocycles. The van der Waals surface area contributed by atoms with E-state index >= 15 is 0 Å². The number of para-hydroxylation sites is 1. The van der Waals surface area contributed by atoms with E-state index in [1.807, 2.05) is 18.2 Å². The van der Waals surface area contributed by atoms with Crippen LogP contribution in [0.2, 0.25) is 0 Å². The van der Waals surface area contributed by atoms with Crippen LogP contribution in [-0.4, -0.2) is 19.1 Å². The van der Waals surface area contributed by atoms with Crippen molar-refractivity contribution in [2.45, 2.75) is 6.04 Å². The Morgan fingerprint density at radius 1 is 1.60 bits per heavy atom. The highest BCUT2D eigenvalue weighted by molar-refractivity contribution is 9.10. The minimum Gasteiger partial charge on any atom is -0.467 e. The molecule has 0 spiro atoms. The average molecular weight is 269 g/mol. The lowest BCUT2D eigenvalue weighted by atomic mass is 10.2. The Morgan fingerprint density at radius 2 is 2.27 bits per heavy atom. The van der Waals surface area contributed by atoms with Crippen LogP contribution in [0.3, 0.4) is 0 Å². The first-order chi connectivity index (χ1) is 7.19. The summed E-state index contributed by atoms with van der Waals surface area (Å²) >= 11 is 3.30. The number of nitrogens with zero attached hydrogens (tertiary/aromatic N) is 1. The molecule has 0 aliphatic rings. The fourth-order valence-corrected chi connectivity index (χ4v) is 1.39. The summed E-state index contributed by atoms with van der Waals surface area (Å²) in [5.41, 5.74) is 0.675. The molecule has 1 N–H and O–H groups in total. The number of halogens is 1. The van der Waals surface area contributed by atoms with E-state index < -0.39 is 12.0 Å². The summed E-state index contributed by atoms with van der Waals surface area (Å²) < 4.78 is 5.26. The molecule has 1 atom stereocenters. The maximum Gasteiger partial charge on any atom is 0.343 e. The normalized spacial score (nSPS) is 11.3. The molecule has 0 bridgehead atoms. The Bertz CT molecular complexity index is 401. The molecule has 1 aromatic rings. The summed E-state index contributed by atoms with van der Waals surface area (Å²) in [6.45, 7) is 0. The highest BCUT2D eigenvalue weighted by atomic mass is 79.9. The lowest BCUT2D eigenvalue weighted by Crippen LogP contribution is -2.29. The summed E-state index contributed by atoms with van der Waals surface area (Å²) in [5, 5.41) is 11.5. The first-order valence-electron chi connectivity index (χ1n) is 4.17. The minimum atomic E-state index is -0.992. The van der Waals surface area contributed by atoms with Gasteiger partial charge in [-0.15, -0.1) is 0 Å². The number of esters is 1. The Morgan fingerprint density at radius 3 is 2.80 bits per heavy atom. The van der Waals surface area contributed by atoms with Crippen LogP contribution < -0.4 is 5.32 Å². The SMILES string of the molecule is COC(=O)C(C#N)Nc1ccccc1Br. The average Bonchev–Trinajstić information content (AvgIpc) is 2.27. The predicted octanol–water partition coefficient (Wildman–Crippen LogP) is 1.93. The molecule has 0 saturated carbocycles. The van der Waals surface area contributed by atoms with Crippen LogP contribution in [0.25, 0.3) is 0 Å². The Balaban J connectivity index is 2.81. The van der Waals surface area contributed by atoms with Gasteiger partial charge in [-0.25, -0.2) is 4.79 Å². The molecule has 1 unspecified atom stereocenters. The van der Waals surface area contributed by atoms with Crippen molar-refractivity contribution >= 4 is 27.6 Å². The Hall–Kier alpha value is -1.54. The molecule has 4 nitrogen and oxygen atoms in total. The van der Waals surface area contributed by atoms with Crippen molar-refractivity contribution in [2.75, 3.05) is 12.4 Å². The van der Waals surface area contributed by atoms with Crippen molar-refractivity contribution in [1.29, 1.82) is 5.26 Å². The molecule has 0 aliphatic heterocycles. The van der Waals surface area contributed by atoms with Crippen LogP contribution in [0.4, 0.5) is 5.69 Å². The topological polar surface area (TPSA) is 62.1 Å². The molecule has 78 valence electrons. The molecule has 0 saturated heterocycles. The first kappa shape index (κ1) is 11.5. The van der Waals surface area contributed by atoms with E-state index in [0.29, 0.717) is 5.69 Å². The molecule has 0 fully saturated rings. The number of nitriles is 1. The van der Waals surface area contributed by atoms with Gasteiger partial charge in [-0.3, -0.25) is 0 Å². The zero-order valence-electron chi connectivity index (χ0n) is 8.03. The third-order valence-electron chi connectivity index (χ3n) is 1.74. The standard InChI is InChI=1S/C10H9BrN2O2/c1-15-10(14)9(6-12)13-8-5-3-2-4-7(8)11/h2-5,9,13H,1H3. The fraction of sp³-hybridized carbons (Fsp3) is 0.200. The largest absolute Gasteiger partial charge is 0.467 e. The van der Waals surface area contributed by atoms with Gasteiger partial charge in [-0.1, -0.05) is 12.1 Å². The molecule has 0 heterocycles. The van der Waals surface area contributed by atoms with Gasteiger partial charge in [0.25, 0.3) is 0 Å². The number of ether oxygens (including phenoxy) is 1. The van der Waals surface area contributed by atoms with Crippen LogP contribution >= 0.6 is 15.9 Å². The summed E-state index contributed by atoms with van der Waals surface area (Å²) in [5.74, 6) is -0.603. The second kappa shape index (κ2) is 5.37. The zero-order valence-corrected chi connectivity index (χ0v) is 9.61. The molecule has 1 rings (SSSR count). The van der Waals surface area contributed by atoms with Gasteiger partial charge >= 0.3 is 5.97 Å². The fourth-order valence-electron chi connectivity index (χ4n) is 0.996. The monoisotopic (exact) mass is 268 g/mol. The van der Waals surface area contributed by atoms with E-state index in [1.54, 1.807) is 12.1 Å². The predicted molar refractivity (Wildman–Crippen MR) is 59.2 cm³/mol. The highest BCUT2D eigenvalue weighted by Gasteiger charge is 2.18. The number of anilines is 1. The van der Waals surface area contributed by atoms with Crippen LogP contribution in [0.5, 0.6) is 0 Å². The maximum absolute atomic E-state index is 11.1. The van der Waals surface area contributed by atoms with E-state index in [1.165, 1.54) is 7.11 Å². The molecule has 15 heavy (non-hydrogen) atoms. The number of rotatable bonds is 3. The van der Waals surface area contributed by atoms with Crippen molar-refractivity contribution in [3.05, 3.63) is 28.7 Å². The molecule has 0 amide bonds. The van der Waals surface area contributed by atoms with Gasteiger partial charge in [-0.2, -0.15) is 5.26 Å². The van der Waals surface area contributed by atoms with Crippen molar-refractivity contribution in [3.63, 3.8) is 0 Å². The molecule has 0 aromatic heterocycles. The number of nitrogens with one attached hydrogen (secondary N) is 1. The van der Waals surface area contributed by atoms with E-state index in [4.69, 9.17) is 5.26 Å². The zero-order chi connectivity index (χ0) is 11.3. The number of benzene rings is 1. The highest BCUT2D eigenvalue weighted by Crippen LogP contribution is 2.21. The van der Waals surface area contributed by atoms with Gasteiger partial charge in [0.1, 0.15) is 0 Å². The second-order valence-electron chi connectivity index (χ2n) is 2.71. The molecule has 1 aromatic carbocycles. The number of methoxy groups -OCH3 is 1. The first-order valence-corrected chi connectivity index (χ1v) is 4.97. The summed E-state index contributed by atoms with van der Waals surface area (Å²) in [4.78, 5) is 11.1. The molecule has 5 heteroatoms. The third-order valence-corrected chi connectivity index (χ3v) is 2.43. The van der Waals surface area contributed by atoms with Crippen molar-refractivity contribution in [1.82, 2.24) is 0 Å². The van der Waals surface area contributed by atoms with Gasteiger partial charge in [0, 0.05) is 10.2 Å². The van der Waals surface area contributed by atoms with Crippen molar-refractivity contribution in [3.8, 4) is 6.07 Å². The van der Waals surface area contributed by atoms with Crippen molar-refractivity contribution in [2.24, 2.45) is 0 Å². The third kappa shape index (κ3) is 2.96. The van der Waals surface area contributed by atoms with E-state index in [9.17, 15) is 4.79 Å². The lowest BCUT2D eigenvalue weighted by molar-refractivity contribution is -0.140. The van der Waals surface area contributed by atoms with Crippen LogP contribution in [-0.2, 0) is 9.53 Å². The van der Waals surface area contributed by atoms with Gasteiger partial charge in [0.05, 0.1) is 13.2 Å². The number of carbonyl (C=O) groups is 1. The second-order valence-corrected chi connectivity index (χ2v) is 3.56. The molecular weight excluding hydrogens is 260 g/mol. The summed E-state index contributed by atoms with van der Waals surface area (Å²) in [7, 11) is 1.24. The van der Waals surface area contributed by atoms with Crippen molar-refractivity contribution < 1.29 is 9.53 Å². The van der Waals surface area contributed by atoms with E-state index in [-0.39, 0.29) is 0 Å². The Kier molecular flexibility index (Phi) is 4.13. The molecule has 0 radical (unpaired) electrons. The summed E-state index contributed by atoms with van der Waals surface area (Å²) in [6, 6.07) is 8.05.